The summed E-state index contributed by atoms with van der Waals surface area (Å²) >= 11 is 0. The first-order valence-electron chi connectivity index (χ1n) is 13.5. The van der Waals surface area contributed by atoms with E-state index in [-0.39, 0.29) is 6.29 Å². The first-order chi connectivity index (χ1) is 17.9. The first-order valence-corrected chi connectivity index (χ1v) is 13.5. The van der Waals surface area contributed by atoms with Crippen LogP contribution in [-0.4, -0.2) is 11.9 Å². The van der Waals surface area contributed by atoms with Crippen LogP contribution in [0, 0.1) is 18.6 Å². The molecule has 0 saturated heterocycles. The van der Waals surface area contributed by atoms with Crippen molar-refractivity contribution in [2.45, 2.75) is 91.9 Å². The van der Waals surface area contributed by atoms with Gasteiger partial charge in [0.25, 0.3) is 0 Å². The van der Waals surface area contributed by atoms with Crippen LogP contribution in [0.5, 0.6) is 0 Å². The SMILES string of the molecule is [CH2]C(CC)(CC)[C](OOC(=O)c1ccc(CCCCC)cc1)OOC(=O)c1ccc(CCCCC)cc1. The van der Waals surface area contributed by atoms with Gasteiger partial charge in [0.1, 0.15) is 0 Å². The molecule has 2 aromatic carbocycles. The van der Waals surface area contributed by atoms with E-state index in [9.17, 15) is 9.59 Å². The summed E-state index contributed by atoms with van der Waals surface area (Å²) in [5.41, 5.74) is 2.13. The molecule has 2 radical (unpaired) electrons. The molecule has 0 fully saturated rings. The topological polar surface area (TPSA) is 71.1 Å². The number of hydrogen-bond donors (Lipinski definition) is 0. The number of aryl methyl sites for hydroxylation is 2. The minimum Gasteiger partial charge on any atom is -0.289 e. The Hall–Kier alpha value is -2.70. The maximum Gasteiger partial charge on any atom is 0.373 e. The predicted molar refractivity (Wildman–Crippen MR) is 144 cm³/mol. The van der Waals surface area contributed by atoms with Crippen LogP contribution in [0.4, 0.5) is 0 Å². The van der Waals surface area contributed by atoms with Crippen molar-refractivity contribution < 1.29 is 29.1 Å². The lowest BCUT2D eigenvalue weighted by Crippen LogP contribution is -2.31. The molecule has 0 unspecified atom stereocenters. The molecule has 0 saturated carbocycles. The van der Waals surface area contributed by atoms with Crippen LogP contribution < -0.4 is 0 Å². The summed E-state index contributed by atoms with van der Waals surface area (Å²) in [5.74, 6) is -1.36. The maximum atomic E-state index is 12.6. The Bertz CT molecular complexity index is 862. The molecule has 0 aliphatic heterocycles. The molecule has 0 bridgehead atoms. The summed E-state index contributed by atoms with van der Waals surface area (Å²) in [5, 5.41) is 0. The van der Waals surface area contributed by atoms with Crippen LogP contribution >= 0.6 is 0 Å². The Kier molecular flexibility index (Phi) is 13.4. The molecule has 2 aromatic rings. The molecule has 0 N–H and O–H groups in total. The van der Waals surface area contributed by atoms with Crippen LogP contribution in [0.1, 0.15) is 111 Å². The average molecular weight is 511 g/mol. The normalized spacial score (nSPS) is 11.5. The number of unbranched alkanes of at least 4 members (excludes halogenated alkanes) is 4. The van der Waals surface area contributed by atoms with E-state index in [1.54, 1.807) is 24.3 Å². The highest BCUT2D eigenvalue weighted by atomic mass is 17.3. The van der Waals surface area contributed by atoms with Gasteiger partial charge in [0.15, 0.2) is 0 Å². The van der Waals surface area contributed by atoms with Crippen molar-refractivity contribution in [3.63, 3.8) is 0 Å². The number of benzene rings is 2. The lowest BCUT2D eigenvalue weighted by atomic mass is 9.84. The second-order valence-electron chi connectivity index (χ2n) is 9.49. The van der Waals surface area contributed by atoms with Gasteiger partial charge in [-0.2, -0.15) is 0 Å². The minimum atomic E-state index is -0.882. The van der Waals surface area contributed by atoms with Crippen molar-refractivity contribution >= 4 is 11.9 Å². The van der Waals surface area contributed by atoms with Crippen molar-refractivity contribution in [1.29, 1.82) is 0 Å². The molecule has 0 atom stereocenters. The summed E-state index contributed by atoms with van der Waals surface area (Å²) in [4.78, 5) is 45.8. The predicted octanol–water partition coefficient (Wildman–Crippen LogP) is 8.16. The van der Waals surface area contributed by atoms with Crippen molar-refractivity contribution in [2.24, 2.45) is 5.41 Å². The van der Waals surface area contributed by atoms with Crippen molar-refractivity contribution in [2.75, 3.05) is 0 Å². The monoisotopic (exact) mass is 510 g/mol. The molecular formula is C31H42O6. The van der Waals surface area contributed by atoms with E-state index >= 15 is 0 Å². The quantitative estimate of drug-likeness (QED) is 0.121. The first kappa shape index (κ1) is 30.5. The smallest absolute Gasteiger partial charge is 0.289 e. The molecule has 0 amide bonds. The highest BCUT2D eigenvalue weighted by Gasteiger charge is 2.40. The lowest BCUT2D eigenvalue weighted by molar-refractivity contribution is -0.381. The molecule has 6 nitrogen and oxygen atoms in total. The zero-order valence-electron chi connectivity index (χ0n) is 22.8. The summed E-state index contributed by atoms with van der Waals surface area (Å²) in [6, 6.07) is 14.5. The minimum absolute atomic E-state index is 0.188. The summed E-state index contributed by atoms with van der Waals surface area (Å²) in [6.45, 7) is 12.2. The van der Waals surface area contributed by atoms with Crippen LogP contribution in [0.2, 0.25) is 0 Å². The lowest BCUT2D eigenvalue weighted by Gasteiger charge is -2.30. The van der Waals surface area contributed by atoms with Gasteiger partial charge >= 0.3 is 18.2 Å². The highest BCUT2D eigenvalue weighted by Crippen LogP contribution is 2.38. The molecule has 0 spiro atoms. The van der Waals surface area contributed by atoms with Gasteiger partial charge in [-0.25, -0.2) is 9.59 Å². The summed E-state index contributed by atoms with van der Waals surface area (Å²) < 4.78 is 0. The Morgan fingerprint density at radius 1 is 0.622 bits per heavy atom. The standard InChI is InChI=1S/C31H42O6/c1-6-10-12-14-24-16-20-26(21-17-24)28(32)34-36-30(31(5,8-3)9-4)37-35-29(33)27-22-18-25(19-23-27)15-13-11-7-2/h16-23H,5-15H2,1-4H3. The molecule has 0 aliphatic carbocycles. The number of hydrogen-bond acceptors (Lipinski definition) is 6. The Morgan fingerprint density at radius 3 is 1.32 bits per heavy atom. The van der Waals surface area contributed by atoms with Gasteiger partial charge in [-0.1, -0.05) is 77.6 Å². The Morgan fingerprint density at radius 2 is 1.00 bits per heavy atom. The van der Waals surface area contributed by atoms with Gasteiger partial charge in [0.05, 0.1) is 11.1 Å². The third kappa shape index (κ3) is 9.94. The second-order valence-corrected chi connectivity index (χ2v) is 9.49. The molecule has 2 rings (SSSR count). The average Bonchev–Trinajstić information content (AvgIpc) is 2.93. The summed E-state index contributed by atoms with van der Waals surface area (Å²) in [6.07, 6.45) is 9.65. The molecule has 37 heavy (non-hydrogen) atoms. The van der Waals surface area contributed by atoms with E-state index in [4.69, 9.17) is 19.6 Å². The third-order valence-corrected chi connectivity index (χ3v) is 6.69. The molecule has 0 aromatic heterocycles. The molecule has 6 heteroatoms. The van der Waals surface area contributed by atoms with E-state index in [0.29, 0.717) is 24.0 Å². The zero-order chi connectivity index (χ0) is 27.1. The van der Waals surface area contributed by atoms with E-state index in [1.807, 2.05) is 38.1 Å². The van der Waals surface area contributed by atoms with Gasteiger partial charge in [-0.3, -0.25) is 9.78 Å². The van der Waals surface area contributed by atoms with Gasteiger partial charge < -0.3 is 0 Å². The van der Waals surface area contributed by atoms with Gasteiger partial charge in [0, 0.05) is 5.41 Å². The Balaban J connectivity index is 1.96. The largest absolute Gasteiger partial charge is 0.373 e. The zero-order valence-corrected chi connectivity index (χ0v) is 22.8. The molecular weight excluding hydrogens is 468 g/mol. The second kappa shape index (κ2) is 16.2. The Labute approximate surface area is 222 Å². The van der Waals surface area contributed by atoms with Gasteiger partial charge in [0.2, 0.25) is 0 Å². The van der Waals surface area contributed by atoms with Crippen LogP contribution in [0.3, 0.4) is 0 Å². The van der Waals surface area contributed by atoms with Crippen molar-refractivity contribution in [3.05, 3.63) is 84.0 Å². The van der Waals surface area contributed by atoms with Crippen LogP contribution in [0.25, 0.3) is 0 Å². The van der Waals surface area contributed by atoms with E-state index in [2.05, 4.69) is 20.8 Å². The fraction of sp³-hybridized carbons (Fsp3) is 0.484. The van der Waals surface area contributed by atoms with Crippen LogP contribution in [-0.2, 0) is 32.4 Å². The number of rotatable bonds is 17. The van der Waals surface area contributed by atoms with Crippen molar-refractivity contribution in [3.8, 4) is 0 Å². The maximum absolute atomic E-state index is 12.6. The summed E-state index contributed by atoms with van der Waals surface area (Å²) in [7, 11) is 0. The van der Waals surface area contributed by atoms with E-state index in [0.717, 1.165) is 49.7 Å². The van der Waals surface area contributed by atoms with E-state index in [1.165, 1.54) is 12.8 Å². The fourth-order valence-electron chi connectivity index (χ4n) is 3.75. The van der Waals surface area contributed by atoms with E-state index < -0.39 is 17.4 Å². The van der Waals surface area contributed by atoms with Crippen molar-refractivity contribution in [1.82, 2.24) is 0 Å². The molecule has 202 valence electrons. The van der Waals surface area contributed by atoms with Gasteiger partial charge in [-0.05, 0) is 80.8 Å². The third-order valence-electron chi connectivity index (χ3n) is 6.69. The number of carbonyl (C=O) groups excluding carboxylic acids is 2. The molecule has 0 aliphatic rings. The highest BCUT2D eigenvalue weighted by molar-refractivity contribution is 5.89. The molecule has 0 heterocycles. The van der Waals surface area contributed by atoms with Gasteiger partial charge in [-0.15, -0.1) is 9.78 Å². The van der Waals surface area contributed by atoms with Crippen LogP contribution in [0.15, 0.2) is 48.5 Å². The number of carbonyl (C=O) groups is 2. The fourth-order valence-corrected chi connectivity index (χ4v) is 3.75.